The van der Waals surface area contributed by atoms with E-state index < -0.39 is 17.5 Å². The summed E-state index contributed by atoms with van der Waals surface area (Å²) < 4.78 is 4.85. The van der Waals surface area contributed by atoms with Gasteiger partial charge in [-0.05, 0) is 5.92 Å². The van der Waals surface area contributed by atoms with Crippen molar-refractivity contribution in [3.05, 3.63) is 41.4 Å². The number of ether oxygens (including phenoxy) is 1. The first-order valence-electron chi connectivity index (χ1n) is 5.55. The quantitative estimate of drug-likeness (QED) is 0.198. The van der Waals surface area contributed by atoms with Crippen LogP contribution in [-0.4, -0.2) is 28.9 Å². The Morgan fingerprint density at radius 1 is 1.28 bits per heavy atom. The van der Waals surface area contributed by atoms with Crippen LogP contribution < -0.4 is 0 Å². The molecule has 0 aliphatic rings. The second kappa shape index (κ2) is 6.47. The van der Waals surface area contributed by atoms with Crippen molar-refractivity contribution >= 4 is 17.5 Å². The van der Waals surface area contributed by atoms with Crippen molar-refractivity contribution in [2.45, 2.75) is 13.8 Å². The highest BCUT2D eigenvalue weighted by Gasteiger charge is 2.32. The van der Waals surface area contributed by atoms with E-state index in [2.05, 4.69) is 4.79 Å². The van der Waals surface area contributed by atoms with Crippen molar-refractivity contribution in [1.82, 2.24) is 0 Å². The molecule has 0 spiro atoms. The molecule has 0 N–H and O–H groups in total. The maximum Gasteiger partial charge on any atom is 0.446 e. The second-order valence-corrected chi connectivity index (χ2v) is 4.14. The summed E-state index contributed by atoms with van der Waals surface area (Å²) in [4.78, 5) is 26.2. The number of hydrogen-bond donors (Lipinski definition) is 0. The van der Waals surface area contributed by atoms with Crippen molar-refractivity contribution in [3.63, 3.8) is 0 Å². The van der Waals surface area contributed by atoms with Crippen molar-refractivity contribution in [3.8, 4) is 0 Å². The third-order valence-corrected chi connectivity index (χ3v) is 2.09. The highest BCUT2D eigenvalue weighted by molar-refractivity contribution is 6.65. The fourth-order valence-corrected chi connectivity index (χ4v) is 1.22. The van der Waals surface area contributed by atoms with Gasteiger partial charge in [-0.25, -0.2) is 4.79 Å². The number of rotatable bonds is 5. The van der Waals surface area contributed by atoms with Gasteiger partial charge in [0, 0.05) is 5.56 Å². The Bertz CT molecular complexity index is 488. The Balaban J connectivity index is 2.83. The van der Waals surface area contributed by atoms with E-state index in [0.717, 1.165) is 0 Å². The molecule has 94 valence electrons. The Morgan fingerprint density at radius 2 is 1.89 bits per heavy atom. The van der Waals surface area contributed by atoms with Crippen molar-refractivity contribution < 1.29 is 19.1 Å². The zero-order valence-electron chi connectivity index (χ0n) is 10.3. The number of benzene rings is 1. The normalized spacial score (nSPS) is 9.72. The van der Waals surface area contributed by atoms with Gasteiger partial charge in [-0.15, -0.1) is 0 Å². The van der Waals surface area contributed by atoms with E-state index in [-0.39, 0.29) is 18.1 Å². The fraction of sp³-hybridized carbons (Fsp3) is 0.308. The molecule has 0 heterocycles. The number of carbonyl (C=O) groups excluding carboxylic acids is 2. The fourth-order valence-electron chi connectivity index (χ4n) is 1.22. The van der Waals surface area contributed by atoms with Crippen molar-refractivity contribution in [1.29, 1.82) is 0 Å². The molecule has 1 rings (SSSR count). The lowest BCUT2D eigenvalue weighted by atomic mass is 10.1. The SMILES string of the molecule is CC(C)COC(=O)C(=[N+]=[N-])C(=O)c1ccccc1. The van der Waals surface area contributed by atoms with Gasteiger partial charge in [0.1, 0.15) is 0 Å². The van der Waals surface area contributed by atoms with E-state index in [4.69, 9.17) is 10.3 Å². The van der Waals surface area contributed by atoms with Crippen LogP contribution in [0.1, 0.15) is 24.2 Å². The molecule has 5 nitrogen and oxygen atoms in total. The summed E-state index contributed by atoms with van der Waals surface area (Å²) >= 11 is 0. The van der Waals surface area contributed by atoms with Crippen LogP contribution in [0.3, 0.4) is 0 Å². The number of nitrogens with zero attached hydrogens (tertiary/aromatic N) is 2. The molecule has 0 unspecified atom stereocenters. The minimum atomic E-state index is -0.917. The van der Waals surface area contributed by atoms with E-state index in [1.54, 1.807) is 18.2 Å². The highest BCUT2D eigenvalue weighted by atomic mass is 16.5. The molecule has 0 fully saturated rings. The molecule has 1 aromatic rings. The maximum absolute atomic E-state index is 11.9. The van der Waals surface area contributed by atoms with Crippen LogP contribution in [0.25, 0.3) is 5.53 Å². The van der Waals surface area contributed by atoms with Crippen LogP contribution in [-0.2, 0) is 9.53 Å². The number of carbonyl (C=O) groups is 2. The first-order valence-corrected chi connectivity index (χ1v) is 5.55. The highest BCUT2D eigenvalue weighted by Crippen LogP contribution is 2.02. The monoisotopic (exact) mass is 246 g/mol. The molecular weight excluding hydrogens is 232 g/mol. The average Bonchev–Trinajstić information content (AvgIpc) is 2.38. The summed E-state index contributed by atoms with van der Waals surface area (Å²) in [6.45, 7) is 3.89. The first kappa shape index (κ1) is 13.8. The summed E-state index contributed by atoms with van der Waals surface area (Å²) in [5, 5.41) is 0. The van der Waals surface area contributed by atoms with Gasteiger partial charge in [0.05, 0.1) is 6.61 Å². The Hall–Kier alpha value is -2.26. The minimum Gasteiger partial charge on any atom is -0.456 e. The molecule has 5 heteroatoms. The van der Waals surface area contributed by atoms with Gasteiger partial charge in [-0.2, -0.15) is 4.79 Å². The Kier molecular flexibility index (Phi) is 4.96. The third kappa shape index (κ3) is 3.64. The van der Waals surface area contributed by atoms with Crippen molar-refractivity contribution in [2.75, 3.05) is 6.61 Å². The van der Waals surface area contributed by atoms with Crippen molar-refractivity contribution in [2.24, 2.45) is 5.92 Å². The summed E-state index contributed by atoms with van der Waals surface area (Å²) in [7, 11) is 0. The van der Waals surface area contributed by atoms with Gasteiger partial charge in [-0.1, -0.05) is 44.2 Å². The molecule has 0 saturated heterocycles. The van der Waals surface area contributed by atoms with E-state index in [9.17, 15) is 9.59 Å². The largest absolute Gasteiger partial charge is 0.456 e. The lowest BCUT2D eigenvalue weighted by Crippen LogP contribution is -2.28. The van der Waals surface area contributed by atoms with Gasteiger partial charge in [0.2, 0.25) is 0 Å². The number of Topliss-reactive ketones (excluding diaryl/α,β-unsaturated/α-hetero) is 1. The molecular formula is C13H14N2O3. The smallest absolute Gasteiger partial charge is 0.446 e. The molecule has 0 aliphatic carbocycles. The molecule has 0 atom stereocenters. The van der Waals surface area contributed by atoms with Gasteiger partial charge in [-0.3, -0.25) is 4.79 Å². The summed E-state index contributed by atoms with van der Waals surface area (Å²) in [6, 6.07) is 8.11. The molecule has 0 aliphatic heterocycles. The zero-order valence-corrected chi connectivity index (χ0v) is 10.3. The zero-order chi connectivity index (χ0) is 13.5. The molecule has 0 amide bonds. The van der Waals surface area contributed by atoms with Gasteiger partial charge < -0.3 is 10.3 Å². The van der Waals surface area contributed by atoms with E-state index >= 15 is 0 Å². The number of esters is 1. The molecule has 0 aromatic heterocycles. The van der Waals surface area contributed by atoms with Crippen LogP contribution in [0.5, 0.6) is 0 Å². The second-order valence-electron chi connectivity index (χ2n) is 4.14. The van der Waals surface area contributed by atoms with Gasteiger partial charge >= 0.3 is 11.7 Å². The number of ketones is 1. The standard InChI is InChI=1S/C13H14N2O3/c1-9(2)8-18-13(17)11(15-14)12(16)10-6-4-3-5-7-10/h3-7,9H,8H2,1-2H3. The van der Waals surface area contributed by atoms with Crippen LogP contribution in [0, 0.1) is 5.92 Å². The molecule has 1 aromatic carbocycles. The summed E-state index contributed by atoms with van der Waals surface area (Å²) in [5.74, 6) is -1.44. The van der Waals surface area contributed by atoms with Gasteiger partial charge in [0.15, 0.2) is 0 Å². The predicted octanol–water partition coefficient (Wildman–Crippen LogP) is 1.74. The number of hydrogen-bond acceptors (Lipinski definition) is 3. The van der Waals surface area contributed by atoms with Gasteiger partial charge in [0.25, 0.3) is 5.78 Å². The third-order valence-electron chi connectivity index (χ3n) is 2.09. The topological polar surface area (TPSA) is 79.8 Å². The van der Waals surface area contributed by atoms with Crippen LogP contribution in [0.4, 0.5) is 0 Å². The minimum absolute atomic E-state index is 0.140. The lowest BCUT2D eigenvalue weighted by molar-refractivity contribution is -0.140. The Labute approximate surface area is 105 Å². The molecule has 18 heavy (non-hydrogen) atoms. The first-order chi connectivity index (χ1) is 8.56. The van der Waals surface area contributed by atoms with Crippen LogP contribution in [0.2, 0.25) is 0 Å². The van der Waals surface area contributed by atoms with Crippen LogP contribution >= 0.6 is 0 Å². The Morgan fingerprint density at radius 3 is 2.39 bits per heavy atom. The van der Waals surface area contributed by atoms with E-state index in [1.807, 2.05) is 13.8 Å². The van der Waals surface area contributed by atoms with E-state index in [0.29, 0.717) is 0 Å². The van der Waals surface area contributed by atoms with Crippen LogP contribution in [0.15, 0.2) is 30.3 Å². The van der Waals surface area contributed by atoms with E-state index in [1.165, 1.54) is 12.1 Å². The molecule has 0 bridgehead atoms. The average molecular weight is 246 g/mol. The summed E-state index contributed by atoms with van der Waals surface area (Å²) in [5.41, 5.74) is 8.42. The lowest BCUT2D eigenvalue weighted by Gasteiger charge is -2.03. The maximum atomic E-state index is 11.9. The molecule has 0 saturated carbocycles. The summed E-state index contributed by atoms with van der Waals surface area (Å²) in [6.07, 6.45) is 0. The molecule has 0 radical (unpaired) electrons. The predicted molar refractivity (Wildman–Crippen MR) is 65.2 cm³/mol.